The lowest BCUT2D eigenvalue weighted by Crippen LogP contribution is -2.36. The molecule has 0 heterocycles. The Morgan fingerprint density at radius 3 is 2.00 bits per heavy atom. The zero-order valence-electron chi connectivity index (χ0n) is 14.4. The van der Waals surface area contributed by atoms with E-state index in [4.69, 9.17) is 5.73 Å². The van der Waals surface area contributed by atoms with Gasteiger partial charge in [-0.05, 0) is 32.0 Å². The van der Waals surface area contributed by atoms with Gasteiger partial charge in [0, 0.05) is 11.8 Å². The molecule has 0 unspecified atom stereocenters. The Morgan fingerprint density at radius 2 is 1.52 bits per heavy atom. The van der Waals surface area contributed by atoms with E-state index in [-0.39, 0.29) is 17.4 Å². The van der Waals surface area contributed by atoms with Gasteiger partial charge in [-0.3, -0.25) is 10.2 Å². The van der Waals surface area contributed by atoms with Crippen molar-refractivity contribution in [1.29, 1.82) is 0 Å². The summed E-state index contributed by atoms with van der Waals surface area (Å²) in [6.07, 6.45) is 14.2. The molecule has 6 heteroatoms. The number of nitrogens with zero attached hydrogens (tertiary/aromatic N) is 1. The fourth-order valence-electron chi connectivity index (χ4n) is 3.01. The molecule has 0 aromatic heterocycles. The maximum Gasteiger partial charge on any atom is 0.225 e. The summed E-state index contributed by atoms with van der Waals surface area (Å²) in [6, 6.07) is 0.304. The van der Waals surface area contributed by atoms with Crippen LogP contribution in [0, 0.1) is 0 Å². The summed E-state index contributed by atoms with van der Waals surface area (Å²) in [6.45, 7) is 1.80. The first-order valence-electron chi connectivity index (χ1n) is 8.96. The molecular weight excluding hydrogens is 308 g/mol. The summed E-state index contributed by atoms with van der Waals surface area (Å²) in [4.78, 5) is 12.2. The Hall–Kier alpha value is -1.17. The van der Waals surface area contributed by atoms with Crippen molar-refractivity contribution in [3.05, 3.63) is 0 Å². The average molecular weight is 341 g/mol. The number of thiocarbonyl (C=S) groups is 1. The first kappa shape index (κ1) is 19.9. The van der Waals surface area contributed by atoms with Gasteiger partial charge in [0.05, 0.1) is 6.42 Å². The van der Waals surface area contributed by atoms with Gasteiger partial charge in [0.1, 0.15) is 0 Å². The summed E-state index contributed by atoms with van der Waals surface area (Å²) < 4.78 is 0. The third kappa shape index (κ3) is 11.1. The quantitative estimate of drug-likeness (QED) is 0.416. The average Bonchev–Trinajstić information content (AvgIpc) is 2.48. The lowest BCUT2D eigenvalue weighted by Gasteiger charge is -2.19. The minimum atomic E-state index is 0.0353. The SMILES string of the molecule is C/C(CC(=O)NC1CCCCCCCCCCC1)=N/NC(N)=S. The molecule has 1 saturated carbocycles. The molecule has 0 saturated heterocycles. The van der Waals surface area contributed by atoms with Gasteiger partial charge in [-0.2, -0.15) is 5.10 Å². The van der Waals surface area contributed by atoms with Gasteiger partial charge in [0.25, 0.3) is 0 Å². The van der Waals surface area contributed by atoms with Crippen LogP contribution in [0.5, 0.6) is 0 Å². The van der Waals surface area contributed by atoms with Crippen molar-refractivity contribution in [2.45, 2.75) is 90.0 Å². The van der Waals surface area contributed by atoms with E-state index < -0.39 is 0 Å². The number of rotatable bonds is 4. The highest BCUT2D eigenvalue weighted by Crippen LogP contribution is 2.17. The van der Waals surface area contributed by atoms with E-state index in [1.54, 1.807) is 6.92 Å². The summed E-state index contributed by atoms with van der Waals surface area (Å²) in [5, 5.41) is 7.27. The van der Waals surface area contributed by atoms with Crippen molar-refractivity contribution in [3.63, 3.8) is 0 Å². The van der Waals surface area contributed by atoms with Gasteiger partial charge < -0.3 is 11.1 Å². The Labute approximate surface area is 145 Å². The second-order valence-electron chi connectivity index (χ2n) is 6.52. The number of nitrogens with one attached hydrogen (secondary N) is 2. The molecule has 1 fully saturated rings. The van der Waals surface area contributed by atoms with Crippen LogP contribution in [0.25, 0.3) is 0 Å². The molecule has 0 bridgehead atoms. The van der Waals surface area contributed by atoms with E-state index >= 15 is 0 Å². The van der Waals surface area contributed by atoms with Gasteiger partial charge in [0.2, 0.25) is 5.91 Å². The fourth-order valence-corrected chi connectivity index (χ4v) is 3.05. The summed E-state index contributed by atoms with van der Waals surface area (Å²) in [7, 11) is 0. The number of hydrogen-bond acceptors (Lipinski definition) is 3. The van der Waals surface area contributed by atoms with E-state index in [0.29, 0.717) is 11.8 Å². The molecule has 1 rings (SSSR count). The first-order chi connectivity index (χ1) is 11.1. The van der Waals surface area contributed by atoms with Crippen LogP contribution < -0.4 is 16.5 Å². The van der Waals surface area contributed by atoms with E-state index in [0.717, 1.165) is 12.8 Å². The maximum absolute atomic E-state index is 12.2. The van der Waals surface area contributed by atoms with Gasteiger partial charge in [0.15, 0.2) is 5.11 Å². The molecular formula is C17H32N4OS. The van der Waals surface area contributed by atoms with Crippen LogP contribution in [0.1, 0.15) is 84.0 Å². The minimum Gasteiger partial charge on any atom is -0.375 e. The van der Waals surface area contributed by atoms with Crippen LogP contribution in [0.15, 0.2) is 5.10 Å². The van der Waals surface area contributed by atoms with Crippen molar-refractivity contribution in [2.24, 2.45) is 10.8 Å². The predicted molar refractivity (Wildman–Crippen MR) is 100 cm³/mol. The molecule has 5 nitrogen and oxygen atoms in total. The van der Waals surface area contributed by atoms with Gasteiger partial charge in [-0.25, -0.2) is 0 Å². The summed E-state index contributed by atoms with van der Waals surface area (Å²) in [5.41, 5.74) is 8.52. The number of hydrazone groups is 1. The predicted octanol–water partition coefficient (Wildman–Crippen LogP) is 3.38. The minimum absolute atomic E-state index is 0.0353. The highest BCUT2D eigenvalue weighted by Gasteiger charge is 2.13. The van der Waals surface area contributed by atoms with Crippen LogP contribution in [0.3, 0.4) is 0 Å². The smallest absolute Gasteiger partial charge is 0.225 e. The third-order valence-corrected chi connectivity index (χ3v) is 4.33. The Morgan fingerprint density at radius 1 is 1.04 bits per heavy atom. The normalized spacial score (nSPS) is 19.3. The van der Waals surface area contributed by atoms with E-state index in [1.807, 2.05) is 0 Å². The monoisotopic (exact) mass is 340 g/mol. The van der Waals surface area contributed by atoms with Crippen molar-refractivity contribution in [1.82, 2.24) is 10.7 Å². The second kappa shape index (κ2) is 12.3. The third-order valence-electron chi connectivity index (χ3n) is 4.24. The van der Waals surface area contributed by atoms with E-state index in [2.05, 4.69) is 28.1 Å². The zero-order valence-corrected chi connectivity index (χ0v) is 15.2. The van der Waals surface area contributed by atoms with E-state index in [9.17, 15) is 4.79 Å². The van der Waals surface area contributed by atoms with Crippen LogP contribution in [0.2, 0.25) is 0 Å². The molecule has 0 atom stereocenters. The number of carbonyl (C=O) groups is 1. The maximum atomic E-state index is 12.2. The molecule has 0 radical (unpaired) electrons. The summed E-state index contributed by atoms with van der Waals surface area (Å²) in [5.74, 6) is 0.0353. The Balaban J connectivity index is 2.38. The molecule has 0 aromatic carbocycles. The van der Waals surface area contributed by atoms with Crippen LogP contribution in [-0.4, -0.2) is 22.8 Å². The second-order valence-corrected chi connectivity index (χ2v) is 6.96. The van der Waals surface area contributed by atoms with Gasteiger partial charge in [-0.15, -0.1) is 0 Å². The standard InChI is InChI=1S/C17H32N4OS/c1-14(20-21-17(18)23)13-16(22)19-15-11-9-7-5-3-2-4-6-8-10-12-15/h15H,2-13H2,1H3,(H,19,22)(H3,18,21,23)/b20-14-. The number of carbonyl (C=O) groups excluding carboxylic acids is 1. The van der Waals surface area contributed by atoms with E-state index in [1.165, 1.54) is 57.8 Å². The lowest BCUT2D eigenvalue weighted by molar-refractivity contribution is -0.120. The lowest BCUT2D eigenvalue weighted by atomic mass is 9.98. The largest absolute Gasteiger partial charge is 0.375 e. The molecule has 0 spiro atoms. The Bertz CT molecular complexity index is 386. The molecule has 0 aliphatic heterocycles. The molecule has 4 N–H and O–H groups in total. The van der Waals surface area contributed by atoms with Crippen LogP contribution in [0.4, 0.5) is 0 Å². The van der Waals surface area contributed by atoms with Crippen molar-refractivity contribution < 1.29 is 4.79 Å². The molecule has 1 aliphatic rings. The zero-order chi connectivity index (χ0) is 16.9. The number of amides is 1. The molecule has 0 aromatic rings. The molecule has 23 heavy (non-hydrogen) atoms. The van der Waals surface area contributed by atoms with Crippen LogP contribution >= 0.6 is 12.2 Å². The number of nitrogens with two attached hydrogens (primary N) is 1. The molecule has 132 valence electrons. The summed E-state index contributed by atoms with van der Waals surface area (Å²) >= 11 is 4.69. The van der Waals surface area contributed by atoms with Crippen molar-refractivity contribution in [2.75, 3.05) is 0 Å². The molecule has 1 aliphatic carbocycles. The van der Waals surface area contributed by atoms with Gasteiger partial charge >= 0.3 is 0 Å². The topological polar surface area (TPSA) is 79.5 Å². The van der Waals surface area contributed by atoms with Crippen molar-refractivity contribution in [3.8, 4) is 0 Å². The number of hydrogen-bond donors (Lipinski definition) is 3. The fraction of sp³-hybridized carbons (Fsp3) is 0.824. The molecule has 1 amide bonds. The van der Waals surface area contributed by atoms with Gasteiger partial charge in [-0.1, -0.05) is 57.8 Å². The highest BCUT2D eigenvalue weighted by molar-refractivity contribution is 7.80. The van der Waals surface area contributed by atoms with Crippen LogP contribution in [-0.2, 0) is 4.79 Å². The first-order valence-corrected chi connectivity index (χ1v) is 9.36. The Kier molecular flexibility index (Phi) is 10.6. The van der Waals surface area contributed by atoms with Crippen molar-refractivity contribution >= 4 is 28.9 Å². The highest BCUT2D eigenvalue weighted by atomic mass is 32.1.